The molecule has 176 valence electrons. The first-order valence-corrected chi connectivity index (χ1v) is 10.6. The molecule has 0 aliphatic rings. The van der Waals surface area contributed by atoms with Gasteiger partial charge in [0.05, 0.1) is 26.9 Å². The number of unbranched alkanes of at least 4 members (excludes halogenated alkanes) is 3. The lowest BCUT2D eigenvalue weighted by molar-refractivity contribution is -0.139. The summed E-state index contributed by atoms with van der Waals surface area (Å²) in [5.41, 5.74) is 1.25. The first-order chi connectivity index (χ1) is 15.4. The third kappa shape index (κ3) is 13.1. The van der Waals surface area contributed by atoms with Crippen LogP contribution < -0.4 is 10.1 Å². The molecule has 8 nitrogen and oxygen atoms in total. The van der Waals surface area contributed by atoms with Crippen LogP contribution in [0.3, 0.4) is 0 Å². The number of esters is 2. The Morgan fingerprint density at radius 1 is 0.906 bits per heavy atom. The summed E-state index contributed by atoms with van der Waals surface area (Å²) >= 11 is 0. The molecule has 1 amide bonds. The Balaban J connectivity index is 1.97. The molecule has 1 rings (SSSR count). The summed E-state index contributed by atoms with van der Waals surface area (Å²) in [4.78, 5) is 34.5. The van der Waals surface area contributed by atoms with E-state index in [4.69, 9.17) is 18.9 Å². The van der Waals surface area contributed by atoms with Gasteiger partial charge in [0.25, 0.3) is 0 Å². The van der Waals surface area contributed by atoms with Crippen molar-refractivity contribution in [2.24, 2.45) is 0 Å². The van der Waals surface area contributed by atoms with Crippen LogP contribution in [0, 0.1) is 0 Å². The number of hydrogen-bond donors (Lipinski definition) is 1. The van der Waals surface area contributed by atoms with Crippen LogP contribution in [0.1, 0.15) is 44.6 Å². The van der Waals surface area contributed by atoms with Crippen molar-refractivity contribution in [3.63, 3.8) is 0 Å². The molecule has 0 saturated heterocycles. The normalized spacial score (nSPS) is 10.4. The summed E-state index contributed by atoms with van der Waals surface area (Å²) in [6.45, 7) is 6.34. The Hall–Kier alpha value is -3.29. The van der Waals surface area contributed by atoms with Crippen molar-refractivity contribution in [3.05, 3.63) is 48.1 Å². The third-order valence-electron chi connectivity index (χ3n) is 4.22. The molecule has 0 radical (unpaired) electrons. The molecular formula is C24H33NO7. The maximum absolute atomic E-state index is 11.7. The Kier molecular flexibility index (Phi) is 13.7. The number of alkyl carbamates (subject to hydrolysis) is 1. The maximum Gasteiger partial charge on any atom is 0.407 e. The average Bonchev–Trinajstić information content (AvgIpc) is 2.79. The van der Waals surface area contributed by atoms with Crippen molar-refractivity contribution in [1.29, 1.82) is 0 Å². The van der Waals surface area contributed by atoms with Crippen molar-refractivity contribution in [2.75, 3.05) is 33.5 Å². The lowest BCUT2D eigenvalue weighted by Gasteiger charge is -2.07. The van der Waals surface area contributed by atoms with E-state index in [1.807, 2.05) is 12.1 Å². The van der Waals surface area contributed by atoms with E-state index in [0.29, 0.717) is 25.1 Å². The van der Waals surface area contributed by atoms with Gasteiger partial charge in [-0.3, -0.25) is 0 Å². The van der Waals surface area contributed by atoms with E-state index >= 15 is 0 Å². The Morgan fingerprint density at radius 3 is 2.25 bits per heavy atom. The van der Waals surface area contributed by atoms with E-state index in [9.17, 15) is 14.4 Å². The standard InChI is InChI=1S/C24H33NO7/c1-19(2)23(27)31-16-7-5-4-6-15-25-24(28)32-18-8-17-30-22(26)14-11-20-9-12-21(29-3)13-10-20/h9-14H,1,4-8,15-18H2,2-3H3,(H,25,28)/b14-11+. The van der Waals surface area contributed by atoms with Gasteiger partial charge in [0.1, 0.15) is 5.75 Å². The largest absolute Gasteiger partial charge is 0.497 e. The van der Waals surface area contributed by atoms with Crippen molar-refractivity contribution in [3.8, 4) is 5.75 Å². The Morgan fingerprint density at radius 2 is 1.56 bits per heavy atom. The molecule has 8 heteroatoms. The van der Waals surface area contributed by atoms with Gasteiger partial charge in [-0.15, -0.1) is 0 Å². The monoisotopic (exact) mass is 447 g/mol. The zero-order valence-corrected chi connectivity index (χ0v) is 18.9. The van der Waals surface area contributed by atoms with Crippen LogP contribution in [-0.2, 0) is 23.8 Å². The minimum Gasteiger partial charge on any atom is -0.497 e. The number of ether oxygens (including phenoxy) is 4. The van der Waals surface area contributed by atoms with E-state index in [-0.39, 0.29) is 19.2 Å². The molecule has 0 aliphatic heterocycles. The second kappa shape index (κ2) is 16.4. The number of carbonyl (C=O) groups excluding carboxylic acids is 3. The number of methoxy groups -OCH3 is 1. The minimum absolute atomic E-state index is 0.162. The van der Waals surface area contributed by atoms with Crippen molar-refractivity contribution >= 4 is 24.1 Å². The number of benzene rings is 1. The molecule has 0 unspecified atom stereocenters. The predicted octanol–water partition coefficient (Wildman–Crippen LogP) is 4.05. The molecule has 0 aliphatic carbocycles. The van der Waals surface area contributed by atoms with Gasteiger partial charge < -0.3 is 24.3 Å². The molecule has 0 atom stereocenters. The summed E-state index contributed by atoms with van der Waals surface area (Å²) in [5.74, 6) is -0.0820. The van der Waals surface area contributed by atoms with Crippen LogP contribution in [0.5, 0.6) is 5.75 Å². The van der Waals surface area contributed by atoms with Gasteiger partial charge in [-0.05, 0) is 50.0 Å². The van der Waals surface area contributed by atoms with Crippen LogP contribution in [0.4, 0.5) is 4.79 Å². The van der Waals surface area contributed by atoms with Crippen LogP contribution in [-0.4, -0.2) is 51.5 Å². The fourth-order valence-corrected chi connectivity index (χ4v) is 2.43. The number of rotatable bonds is 15. The van der Waals surface area contributed by atoms with Gasteiger partial charge in [0.15, 0.2) is 0 Å². The molecule has 1 N–H and O–H groups in total. The number of carbonyl (C=O) groups is 3. The quantitative estimate of drug-likeness (QED) is 0.187. The first kappa shape index (κ1) is 26.7. The average molecular weight is 448 g/mol. The first-order valence-electron chi connectivity index (χ1n) is 10.6. The molecule has 0 fully saturated rings. The SMILES string of the molecule is C=C(C)C(=O)OCCCCCCNC(=O)OCCCOC(=O)/C=C/c1ccc(OC)cc1. The molecule has 1 aromatic rings. The van der Waals surface area contributed by atoms with Gasteiger partial charge in [-0.1, -0.05) is 25.1 Å². The number of nitrogens with one attached hydrogen (secondary N) is 1. The molecule has 0 bridgehead atoms. The van der Waals surface area contributed by atoms with E-state index in [1.165, 1.54) is 6.08 Å². The van der Waals surface area contributed by atoms with Crippen molar-refractivity contribution in [2.45, 2.75) is 39.0 Å². The summed E-state index contributed by atoms with van der Waals surface area (Å²) in [6.07, 6.45) is 6.31. The molecule has 0 saturated carbocycles. The Bertz CT molecular complexity index is 756. The van der Waals surface area contributed by atoms with Gasteiger partial charge >= 0.3 is 18.0 Å². The lowest BCUT2D eigenvalue weighted by Crippen LogP contribution is -2.26. The molecule has 0 aromatic heterocycles. The highest BCUT2D eigenvalue weighted by Crippen LogP contribution is 2.12. The van der Waals surface area contributed by atoms with E-state index in [2.05, 4.69) is 11.9 Å². The second-order valence-corrected chi connectivity index (χ2v) is 7.02. The summed E-state index contributed by atoms with van der Waals surface area (Å²) in [6, 6.07) is 7.27. The minimum atomic E-state index is -0.494. The second-order valence-electron chi connectivity index (χ2n) is 7.02. The van der Waals surface area contributed by atoms with Crippen LogP contribution in [0.2, 0.25) is 0 Å². The van der Waals surface area contributed by atoms with Gasteiger partial charge in [0.2, 0.25) is 0 Å². The third-order valence-corrected chi connectivity index (χ3v) is 4.22. The molecule has 0 heterocycles. The predicted molar refractivity (Wildman–Crippen MR) is 121 cm³/mol. The van der Waals surface area contributed by atoms with Crippen molar-refractivity contribution in [1.82, 2.24) is 5.32 Å². The Labute approximate surface area is 189 Å². The fourth-order valence-electron chi connectivity index (χ4n) is 2.43. The lowest BCUT2D eigenvalue weighted by atomic mass is 10.2. The number of amides is 1. The highest BCUT2D eigenvalue weighted by Gasteiger charge is 2.04. The van der Waals surface area contributed by atoms with E-state index in [0.717, 1.165) is 37.0 Å². The highest BCUT2D eigenvalue weighted by atomic mass is 16.6. The van der Waals surface area contributed by atoms with E-state index in [1.54, 1.807) is 32.2 Å². The molecular weight excluding hydrogens is 414 g/mol. The van der Waals surface area contributed by atoms with Crippen LogP contribution >= 0.6 is 0 Å². The van der Waals surface area contributed by atoms with E-state index < -0.39 is 12.1 Å². The topological polar surface area (TPSA) is 100 Å². The van der Waals surface area contributed by atoms with Crippen molar-refractivity contribution < 1.29 is 33.3 Å². The summed E-state index contributed by atoms with van der Waals surface area (Å²) < 4.78 is 20.2. The smallest absolute Gasteiger partial charge is 0.407 e. The van der Waals surface area contributed by atoms with Gasteiger partial charge in [-0.25, -0.2) is 14.4 Å². The van der Waals surface area contributed by atoms with Crippen LogP contribution in [0.25, 0.3) is 6.08 Å². The van der Waals surface area contributed by atoms with Gasteiger partial charge in [0, 0.05) is 24.6 Å². The zero-order valence-electron chi connectivity index (χ0n) is 18.9. The van der Waals surface area contributed by atoms with Crippen LogP contribution in [0.15, 0.2) is 42.5 Å². The fraction of sp³-hybridized carbons (Fsp3) is 0.458. The summed E-state index contributed by atoms with van der Waals surface area (Å²) in [7, 11) is 1.59. The highest BCUT2D eigenvalue weighted by molar-refractivity contribution is 5.87. The molecule has 0 spiro atoms. The molecule has 32 heavy (non-hydrogen) atoms. The van der Waals surface area contributed by atoms with Gasteiger partial charge in [-0.2, -0.15) is 0 Å². The maximum atomic E-state index is 11.7. The molecule has 1 aromatic carbocycles. The zero-order chi connectivity index (χ0) is 23.6. The summed E-state index contributed by atoms with van der Waals surface area (Å²) in [5, 5.41) is 2.67. The number of hydrogen-bond acceptors (Lipinski definition) is 7.